The van der Waals surface area contributed by atoms with Gasteiger partial charge >= 0.3 is 6.09 Å². The molecule has 21 heavy (non-hydrogen) atoms. The predicted molar refractivity (Wildman–Crippen MR) is 85.5 cm³/mol. The van der Waals surface area contributed by atoms with Gasteiger partial charge in [-0.05, 0) is 40.0 Å². The molecule has 2 rings (SSSR count). The zero-order chi connectivity index (χ0) is 15.3. The molecule has 4 nitrogen and oxygen atoms in total. The average Bonchev–Trinajstić information content (AvgIpc) is 2.79. The number of hydrogen-bond acceptors (Lipinski definition) is 3. The molecule has 0 bridgehead atoms. The second-order valence-electron chi connectivity index (χ2n) is 7.62. The molecule has 0 spiro atoms. The first-order valence-corrected chi connectivity index (χ1v) is 8.68. The van der Waals surface area contributed by atoms with Crippen molar-refractivity contribution in [3.63, 3.8) is 0 Å². The summed E-state index contributed by atoms with van der Waals surface area (Å²) in [6.07, 6.45) is 10.3. The van der Waals surface area contributed by atoms with Crippen LogP contribution in [0.1, 0.15) is 72.1 Å². The Balaban J connectivity index is 1.75. The van der Waals surface area contributed by atoms with Crippen LogP contribution in [0.5, 0.6) is 0 Å². The predicted octanol–water partition coefficient (Wildman–Crippen LogP) is 3.70. The molecule has 0 aromatic heterocycles. The highest BCUT2D eigenvalue weighted by Crippen LogP contribution is 2.20. The van der Waals surface area contributed by atoms with Crippen molar-refractivity contribution in [2.24, 2.45) is 0 Å². The van der Waals surface area contributed by atoms with Crippen LogP contribution in [0.4, 0.5) is 4.79 Å². The molecule has 1 saturated carbocycles. The van der Waals surface area contributed by atoms with Gasteiger partial charge in [-0.3, -0.25) is 0 Å². The summed E-state index contributed by atoms with van der Waals surface area (Å²) in [5, 5.41) is 3.78. The number of nitrogens with one attached hydrogen (secondary N) is 1. The van der Waals surface area contributed by atoms with Crippen molar-refractivity contribution in [2.45, 2.75) is 89.8 Å². The highest BCUT2D eigenvalue weighted by molar-refractivity contribution is 5.68. The molecule has 1 atom stereocenters. The molecule has 0 radical (unpaired) electrons. The van der Waals surface area contributed by atoms with Crippen LogP contribution in [0.2, 0.25) is 0 Å². The summed E-state index contributed by atoms with van der Waals surface area (Å²) in [4.78, 5) is 13.9. The molecule has 1 saturated heterocycles. The van der Waals surface area contributed by atoms with Gasteiger partial charge in [-0.1, -0.05) is 32.1 Å². The maximum absolute atomic E-state index is 12.1. The Kier molecular flexibility index (Phi) is 5.91. The third-order valence-electron chi connectivity index (χ3n) is 4.42. The monoisotopic (exact) mass is 296 g/mol. The fourth-order valence-corrected chi connectivity index (χ4v) is 3.34. The van der Waals surface area contributed by atoms with Gasteiger partial charge in [0.25, 0.3) is 0 Å². The van der Waals surface area contributed by atoms with Crippen LogP contribution in [-0.2, 0) is 4.74 Å². The van der Waals surface area contributed by atoms with E-state index in [0.29, 0.717) is 12.1 Å². The van der Waals surface area contributed by atoms with Gasteiger partial charge in [0.1, 0.15) is 5.60 Å². The van der Waals surface area contributed by atoms with Gasteiger partial charge in [-0.2, -0.15) is 0 Å². The zero-order valence-corrected chi connectivity index (χ0v) is 14.0. The van der Waals surface area contributed by atoms with Crippen LogP contribution in [0, 0.1) is 0 Å². The fourth-order valence-electron chi connectivity index (χ4n) is 3.34. The van der Waals surface area contributed by atoms with Crippen LogP contribution < -0.4 is 5.32 Å². The molecule has 1 aliphatic carbocycles. The lowest BCUT2D eigenvalue weighted by Crippen LogP contribution is -2.42. The Morgan fingerprint density at radius 1 is 1.00 bits per heavy atom. The molecule has 2 aliphatic rings. The highest BCUT2D eigenvalue weighted by Gasteiger charge is 2.30. The molecule has 2 fully saturated rings. The maximum Gasteiger partial charge on any atom is 0.410 e. The summed E-state index contributed by atoms with van der Waals surface area (Å²) in [5.41, 5.74) is -0.401. The zero-order valence-electron chi connectivity index (χ0n) is 14.0. The molecule has 1 heterocycles. The van der Waals surface area contributed by atoms with E-state index in [4.69, 9.17) is 4.74 Å². The minimum atomic E-state index is -0.401. The van der Waals surface area contributed by atoms with E-state index in [0.717, 1.165) is 19.5 Å². The number of ether oxygens (including phenoxy) is 1. The second kappa shape index (κ2) is 7.48. The molecular weight excluding hydrogens is 264 g/mol. The minimum absolute atomic E-state index is 0.163. The first-order valence-electron chi connectivity index (χ1n) is 8.68. The topological polar surface area (TPSA) is 41.6 Å². The van der Waals surface area contributed by atoms with Gasteiger partial charge < -0.3 is 15.0 Å². The first-order chi connectivity index (χ1) is 9.94. The van der Waals surface area contributed by atoms with Crippen molar-refractivity contribution >= 4 is 6.09 Å². The summed E-state index contributed by atoms with van der Waals surface area (Å²) >= 11 is 0. The first kappa shape index (κ1) is 16.6. The van der Waals surface area contributed by atoms with Crippen molar-refractivity contribution < 1.29 is 9.53 Å². The molecule has 0 aromatic carbocycles. The van der Waals surface area contributed by atoms with Crippen molar-refractivity contribution in [3.05, 3.63) is 0 Å². The van der Waals surface area contributed by atoms with E-state index in [1.165, 1.54) is 44.9 Å². The van der Waals surface area contributed by atoms with Crippen LogP contribution in [0.3, 0.4) is 0 Å². The Morgan fingerprint density at radius 2 is 1.62 bits per heavy atom. The van der Waals surface area contributed by atoms with Crippen LogP contribution >= 0.6 is 0 Å². The summed E-state index contributed by atoms with van der Waals surface area (Å²) in [5.74, 6) is 0. The normalized spacial score (nSPS) is 25.5. The van der Waals surface area contributed by atoms with E-state index in [1.807, 2.05) is 25.7 Å². The van der Waals surface area contributed by atoms with Crippen LogP contribution in [0.15, 0.2) is 0 Å². The summed E-state index contributed by atoms with van der Waals surface area (Å²) in [7, 11) is 0. The Labute approximate surface area is 129 Å². The third kappa shape index (κ3) is 5.85. The number of rotatable bonds is 2. The average molecular weight is 296 g/mol. The minimum Gasteiger partial charge on any atom is -0.444 e. The molecule has 1 N–H and O–H groups in total. The molecule has 122 valence electrons. The lowest BCUT2D eigenvalue weighted by atomic mass is 9.96. The van der Waals surface area contributed by atoms with Gasteiger partial charge in [0.05, 0.1) is 0 Å². The number of hydrogen-bond donors (Lipinski definition) is 1. The van der Waals surface area contributed by atoms with Crippen LogP contribution in [0.25, 0.3) is 0 Å². The number of carbonyl (C=O) groups is 1. The fraction of sp³-hybridized carbons (Fsp3) is 0.941. The van der Waals surface area contributed by atoms with E-state index in [2.05, 4.69) is 5.32 Å². The lowest BCUT2D eigenvalue weighted by molar-refractivity contribution is 0.0290. The molecule has 1 unspecified atom stereocenters. The van der Waals surface area contributed by atoms with E-state index in [9.17, 15) is 4.79 Å². The van der Waals surface area contributed by atoms with Gasteiger partial charge in [-0.15, -0.1) is 0 Å². The van der Waals surface area contributed by atoms with E-state index in [-0.39, 0.29) is 6.09 Å². The second-order valence-corrected chi connectivity index (χ2v) is 7.62. The van der Waals surface area contributed by atoms with Gasteiger partial charge in [0.15, 0.2) is 0 Å². The number of amides is 1. The van der Waals surface area contributed by atoms with Gasteiger partial charge in [0, 0.05) is 25.2 Å². The van der Waals surface area contributed by atoms with Crippen LogP contribution in [-0.4, -0.2) is 41.8 Å². The summed E-state index contributed by atoms with van der Waals surface area (Å²) in [6.45, 7) is 7.38. The van der Waals surface area contributed by atoms with E-state index >= 15 is 0 Å². The molecular formula is C17H32N2O2. The number of nitrogens with zero attached hydrogens (tertiary/aromatic N) is 1. The lowest BCUT2D eigenvalue weighted by Gasteiger charge is -2.26. The van der Waals surface area contributed by atoms with Crippen molar-refractivity contribution in [3.8, 4) is 0 Å². The third-order valence-corrected chi connectivity index (χ3v) is 4.42. The quantitative estimate of drug-likeness (QED) is 0.845. The number of likely N-dealkylation sites (tertiary alicyclic amines) is 1. The largest absolute Gasteiger partial charge is 0.444 e. The van der Waals surface area contributed by atoms with Crippen molar-refractivity contribution in [1.82, 2.24) is 10.2 Å². The number of carbonyl (C=O) groups excluding carboxylic acids is 1. The van der Waals surface area contributed by atoms with Crippen molar-refractivity contribution in [1.29, 1.82) is 0 Å². The Hall–Kier alpha value is -0.770. The van der Waals surface area contributed by atoms with E-state index < -0.39 is 5.60 Å². The molecule has 0 aromatic rings. The standard InChI is InChI=1S/C17H32N2O2/c1-17(2,3)21-16(20)19-12-11-15(13-19)18-14-9-7-5-4-6-8-10-14/h14-15,18H,4-13H2,1-3H3. The van der Waals surface area contributed by atoms with E-state index in [1.54, 1.807) is 0 Å². The van der Waals surface area contributed by atoms with Crippen molar-refractivity contribution in [2.75, 3.05) is 13.1 Å². The summed E-state index contributed by atoms with van der Waals surface area (Å²) < 4.78 is 5.46. The smallest absolute Gasteiger partial charge is 0.410 e. The Bertz CT molecular complexity index is 330. The Morgan fingerprint density at radius 3 is 2.24 bits per heavy atom. The maximum atomic E-state index is 12.1. The van der Waals surface area contributed by atoms with Gasteiger partial charge in [0.2, 0.25) is 0 Å². The SMILES string of the molecule is CC(C)(C)OC(=O)N1CCC(NC2CCCCCCC2)C1. The molecule has 1 amide bonds. The molecule has 4 heteroatoms. The van der Waals surface area contributed by atoms with Gasteiger partial charge in [-0.25, -0.2) is 4.79 Å². The molecule has 1 aliphatic heterocycles. The highest BCUT2D eigenvalue weighted by atomic mass is 16.6. The summed E-state index contributed by atoms with van der Waals surface area (Å²) in [6, 6.07) is 1.09.